The minimum Gasteiger partial charge on any atom is -0.350 e. The van der Waals surface area contributed by atoms with Gasteiger partial charge in [-0.05, 0) is 36.4 Å². The lowest BCUT2D eigenvalue weighted by Crippen LogP contribution is -2.42. The predicted octanol–water partition coefficient (Wildman–Crippen LogP) is 3.17. The molecule has 2 aromatic carbocycles. The van der Waals surface area contributed by atoms with Crippen LogP contribution in [0.15, 0.2) is 42.5 Å². The zero-order valence-corrected chi connectivity index (χ0v) is 12.7. The summed E-state index contributed by atoms with van der Waals surface area (Å²) in [6.07, 6.45) is 0. The molecule has 0 saturated heterocycles. The van der Waals surface area contributed by atoms with E-state index >= 15 is 0 Å². The molecule has 3 aromatic rings. The lowest BCUT2D eigenvalue weighted by atomic mass is 10.2. The van der Waals surface area contributed by atoms with Crippen LogP contribution in [0.1, 0.15) is 20.8 Å². The van der Waals surface area contributed by atoms with Gasteiger partial charge in [0.1, 0.15) is 22.9 Å². The van der Waals surface area contributed by atoms with E-state index in [1.165, 1.54) is 6.07 Å². The molecule has 0 radical (unpaired) electrons. The second-order valence-corrected chi connectivity index (χ2v) is 5.36. The van der Waals surface area contributed by atoms with Gasteiger partial charge in [0.2, 0.25) is 0 Å². The van der Waals surface area contributed by atoms with Gasteiger partial charge >= 0.3 is 0 Å². The zero-order valence-electron chi connectivity index (χ0n) is 12.0. The van der Waals surface area contributed by atoms with E-state index in [1.54, 1.807) is 18.2 Å². The third-order valence-corrected chi connectivity index (χ3v) is 3.54. The summed E-state index contributed by atoms with van der Waals surface area (Å²) in [6.45, 7) is 0. The SMILES string of the molecule is O=C(NNC(=O)c1c(F)cccc1F)c1cc2cc(Cl)ccc2[nH]1. The molecule has 1 heterocycles. The lowest BCUT2D eigenvalue weighted by molar-refractivity contribution is 0.0839. The fraction of sp³-hybridized carbons (Fsp3) is 0. The minimum atomic E-state index is -1.10. The Bertz CT molecular complexity index is 935. The molecule has 8 heteroatoms. The highest BCUT2D eigenvalue weighted by atomic mass is 35.5. The molecule has 24 heavy (non-hydrogen) atoms. The van der Waals surface area contributed by atoms with Crippen LogP contribution in [-0.2, 0) is 0 Å². The molecule has 0 unspecified atom stereocenters. The Morgan fingerprint density at radius 3 is 2.33 bits per heavy atom. The number of halogens is 3. The maximum atomic E-state index is 13.5. The third-order valence-electron chi connectivity index (χ3n) is 3.31. The molecule has 0 bridgehead atoms. The number of carbonyl (C=O) groups excluding carboxylic acids is 2. The van der Waals surface area contributed by atoms with E-state index in [0.29, 0.717) is 15.9 Å². The van der Waals surface area contributed by atoms with Gasteiger partial charge in [0.25, 0.3) is 11.8 Å². The molecule has 0 saturated carbocycles. The summed E-state index contributed by atoms with van der Waals surface area (Å²) in [5.41, 5.74) is 4.12. The smallest absolute Gasteiger partial charge is 0.286 e. The molecular formula is C16H10ClF2N3O2. The highest BCUT2D eigenvalue weighted by Crippen LogP contribution is 2.20. The standard InChI is InChI=1S/C16H10ClF2N3O2/c17-9-4-5-12-8(6-9)7-13(20-12)15(23)21-22-16(24)14-10(18)2-1-3-11(14)19/h1-7,20H,(H,21,23)(H,22,24). The molecule has 5 nitrogen and oxygen atoms in total. The first-order valence-corrected chi connectivity index (χ1v) is 7.16. The molecule has 122 valence electrons. The molecular weight excluding hydrogens is 340 g/mol. The minimum absolute atomic E-state index is 0.154. The van der Waals surface area contributed by atoms with Crippen LogP contribution in [0.2, 0.25) is 5.02 Å². The van der Waals surface area contributed by atoms with Crippen molar-refractivity contribution in [1.29, 1.82) is 0 Å². The molecule has 0 aliphatic heterocycles. The fourth-order valence-corrected chi connectivity index (χ4v) is 2.36. The molecule has 2 amide bonds. The van der Waals surface area contributed by atoms with Crippen LogP contribution in [0, 0.1) is 11.6 Å². The van der Waals surface area contributed by atoms with Crippen LogP contribution >= 0.6 is 11.6 Å². The molecule has 0 fully saturated rings. The molecule has 3 N–H and O–H groups in total. The highest BCUT2D eigenvalue weighted by molar-refractivity contribution is 6.31. The van der Waals surface area contributed by atoms with Crippen LogP contribution in [0.4, 0.5) is 8.78 Å². The maximum absolute atomic E-state index is 13.5. The van der Waals surface area contributed by atoms with Crippen molar-refractivity contribution < 1.29 is 18.4 Å². The molecule has 3 rings (SSSR count). The number of aromatic amines is 1. The summed E-state index contributed by atoms with van der Waals surface area (Å²) in [4.78, 5) is 26.7. The van der Waals surface area contributed by atoms with Gasteiger partial charge < -0.3 is 4.98 Å². The first-order valence-electron chi connectivity index (χ1n) is 6.78. The van der Waals surface area contributed by atoms with Gasteiger partial charge in [-0.1, -0.05) is 17.7 Å². The van der Waals surface area contributed by atoms with Gasteiger partial charge in [0.05, 0.1) is 0 Å². The number of amides is 2. The predicted molar refractivity (Wildman–Crippen MR) is 84.6 cm³/mol. The first kappa shape index (κ1) is 15.9. The summed E-state index contributed by atoms with van der Waals surface area (Å²) in [5, 5.41) is 1.22. The second-order valence-electron chi connectivity index (χ2n) is 4.92. The Balaban J connectivity index is 1.73. The van der Waals surface area contributed by atoms with Gasteiger partial charge in [-0.2, -0.15) is 0 Å². The summed E-state index contributed by atoms with van der Waals surface area (Å²) >= 11 is 5.87. The quantitative estimate of drug-likeness (QED) is 0.622. The Morgan fingerprint density at radius 2 is 1.62 bits per heavy atom. The van der Waals surface area contributed by atoms with Crippen LogP contribution < -0.4 is 10.9 Å². The van der Waals surface area contributed by atoms with E-state index in [4.69, 9.17) is 11.6 Å². The third kappa shape index (κ3) is 3.07. The van der Waals surface area contributed by atoms with Crippen molar-refractivity contribution in [3.05, 3.63) is 70.4 Å². The van der Waals surface area contributed by atoms with Crippen molar-refractivity contribution in [3.63, 3.8) is 0 Å². The number of nitrogens with one attached hydrogen (secondary N) is 3. The Kier molecular flexibility index (Phi) is 4.18. The molecule has 0 aliphatic rings. The number of fused-ring (bicyclic) bond motifs is 1. The first-order chi connectivity index (χ1) is 11.5. The van der Waals surface area contributed by atoms with Gasteiger partial charge in [0, 0.05) is 15.9 Å². The van der Waals surface area contributed by atoms with Gasteiger partial charge in [0.15, 0.2) is 0 Å². The number of H-pyrrole nitrogens is 1. The van der Waals surface area contributed by atoms with E-state index in [9.17, 15) is 18.4 Å². The number of benzene rings is 2. The summed E-state index contributed by atoms with van der Waals surface area (Å²) in [6, 6.07) is 9.58. The maximum Gasteiger partial charge on any atom is 0.286 e. The van der Waals surface area contributed by atoms with Crippen LogP contribution in [-0.4, -0.2) is 16.8 Å². The highest BCUT2D eigenvalue weighted by Gasteiger charge is 2.18. The summed E-state index contributed by atoms with van der Waals surface area (Å²) in [7, 11) is 0. The van der Waals surface area contributed by atoms with Crippen LogP contribution in [0.3, 0.4) is 0 Å². The topological polar surface area (TPSA) is 74.0 Å². The zero-order chi connectivity index (χ0) is 17.3. The van der Waals surface area contributed by atoms with E-state index in [2.05, 4.69) is 10.4 Å². The number of aromatic nitrogens is 1. The Morgan fingerprint density at radius 1 is 0.958 bits per heavy atom. The van der Waals surface area contributed by atoms with Crippen molar-refractivity contribution in [3.8, 4) is 0 Å². The Labute approximate surface area is 139 Å². The van der Waals surface area contributed by atoms with Crippen molar-refractivity contribution in [2.45, 2.75) is 0 Å². The number of hydrogen-bond donors (Lipinski definition) is 3. The molecule has 0 spiro atoms. The average molecular weight is 350 g/mol. The van der Waals surface area contributed by atoms with Crippen molar-refractivity contribution in [2.75, 3.05) is 0 Å². The molecule has 1 aromatic heterocycles. The van der Waals surface area contributed by atoms with E-state index in [1.807, 2.05) is 5.43 Å². The monoisotopic (exact) mass is 349 g/mol. The number of hydrogen-bond acceptors (Lipinski definition) is 2. The van der Waals surface area contributed by atoms with E-state index < -0.39 is 29.0 Å². The van der Waals surface area contributed by atoms with Crippen LogP contribution in [0.5, 0.6) is 0 Å². The average Bonchev–Trinajstić information content (AvgIpc) is 2.95. The summed E-state index contributed by atoms with van der Waals surface area (Å²) < 4.78 is 27.0. The van der Waals surface area contributed by atoms with E-state index in [-0.39, 0.29) is 5.69 Å². The number of rotatable bonds is 2. The van der Waals surface area contributed by atoms with Crippen molar-refractivity contribution >= 4 is 34.3 Å². The van der Waals surface area contributed by atoms with Crippen molar-refractivity contribution in [1.82, 2.24) is 15.8 Å². The van der Waals surface area contributed by atoms with Crippen molar-refractivity contribution in [2.24, 2.45) is 0 Å². The number of hydrazine groups is 1. The normalized spacial score (nSPS) is 10.6. The van der Waals surface area contributed by atoms with Gasteiger partial charge in [-0.25, -0.2) is 8.78 Å². The molecule has 0 aliphatic carbocycles. The Hall–Kier alpha value is -2.93. The largest absolute Gasteiger partial charge is 0.350 e. The fourth-order valence-electron chi connectivity index (χ4n) is 2.18. The summed E-state index contributed by atoms with van der Waals surface area (Å²) in [5.74, 6) is -3.82. The van der Waals surface area contributed by atoms with Gasteiger partial charge in [-0.3, -0.25) is 20.4 Å². The van der Waals surface area contributed by atoms with Gasteiger partial charge in [-0.15, -0.1) is 0 Å². The second kappa shape index (κ2) is 6.29. The van der Waals surface area contributed by atoms with Crippen LogP contribution in [0.25, 0.3) is 10.9 Å². The lowest BCUT2D eigenvalue weighted by Gasteiger charge is -2.07. The van der Waals surface area contributed by atoms with E-state index in [0.717, 1.165) is 18.2 Å². The number of carbonyl (C=O) groups is 2. The molecule has 0 atom stereocenters.